The van der Waals surface area contributed by atoms with Crippen LogP contribution in [-0.2, 0) is 19.1 Å². The predicted octanol–water partition coefficient (Wildman–Crippen LogP) is 5.08. The summed E-state index contributed by atoms with van der Waals surface area (Å²) in [4.78, 5) is 23.5. The largest absolute Gasteiger partial charge is 0.497 e. The summed E-state index contributed by atoms with van der Waals surface area (Å²) in [7, 11) is 3.22. The molecule has 0 aromatic heterocycles. The molecular formula is C26H30O6. The van der Waals surface area contributed by atoms with Crippen molar-refractivity contribution in [1.29, 1.82) is 0 Å². The lowest BCUT2D eigenvalue weighted by molar-refractivity contribution is -0.139. The molecule has 32 heavy (non-hydrogen) atoms. The molecule has 2 rings (SSSR count). The van der Waals surface area contributed by atoms with E-state index in [0.717, 1.165) is 48.3 Å². The Bertz CT molecular complexity index is 806. The van der Waals surface area contributed by atoms with Crippen LogP contribution in [0.15, 0.2) is 60.7 Å². The molecule has 0 amide bonds. The molecule has 0 heterocycles. The second kappa shape index (κ2) is 14.5. The summed E-state index contributed by atoms with van der Waals surface area (Å²) >= 11 is 0. The maximum Gasteiger partial charge on any atom is 0.330 e. The number of unbranched alkanes of at least 4 members (excludes halogenated alkanes) is 3. The summed E-state index contributed by atoms with van der Waals surface area (Å²) in [6.45, 7) is 0.742. The SMILES string of the molecule is COc1ccc(C=CC(=O)OCCCCCCOC(=O)C=Cc2ccc(OC)cc2)cc1. The van der Waals surface area contributed by atoms with E-state index < -0.39 is 0 Å². The van der Waals surface area contributed by atoms with Gasteiger partial charge in [-0.15, -0.1) is 0 Å². The molecule has 0 aliphatic heterocycles. The summed E-state index contributed by atoms with van der Waals surface area (Å²) in [6, 6.07) is 14.8. The number of ether oxygens (including phenoxy) is 4. The van der Waals surface area contributed by atoms with E-state index in [1.807, 2.05) is 48.5 Å². The summed E-state index contributed by atoms with van der Waals surface area (Å²) in [5, 5.41) is 0. The van der Waals surface area contributed by atoms with Gasteiger partial charge in [0.25, 0.3) is 0 Å². The van der Waals surface area contributed by atoms with E-state index in [1.165, 1.54) is 12.2 Å². The van der Waals surface area contributed by atoms with E-state index in [1.54, 1.807) is 26.4 Å². The number of carbonyl (C=O) groups is 2. The first-order valence-electron chi connectivity index (χ1n) is 10.6. The molecule has 0 bridgehead atoms. The van der Waals surface area contributed by atoms with Gasteiger partial charge in [-0.1, -0.05) is 24.3 Å². The standard InChI is InChI=1S/C26H30O6/c1-29-23-13-7-21(8-14-23)11-17-25(27)31-19-5-3-4-6-20-32-26(28)18-12-22-9-15-24(30-2)16-10-22/h7-18H,3-6,19-20H2,1-2H3. The third-order valence-corrected chi connectivity index (χ3v) is 4.58. The minimum atomic E-state index is -0.363. The van der Waals surface area contributed by atoms with Gasteiger partial charge in [0.2, 0.25) is 0 Å². The Morgan fingerprint density at radius 1 is 0.625 bits per heavy atom. The lowest BCUT2D eigenvalue weighted by Crippen LogP contribution is -2.03. The fraction of sp³-hybridized carbons (Fsp3) is 0.308. The summed E-state index contributed by atoms with van der Waals surface area (Å²) in [6.07, 6.45) is 9.59. The van der Waals surface area contributed by atoms with Gasteiger partial charge in [-0.05, 0) is 73.2 Å². The second-order valence-corrected chi connectivity index (χ2v) is 6.96. The Morgan fingerprint density at radius 2 is 1.00 bits per heavy atom. The van der Waals surface area contributed by atoms with Gasteiger partial charge in [0, 0.05) is 12.2 Å². The quantitative estimate of drug-likeness (QED) is 0.247. The average molecular weight is 439 g/mol. The molecule has 0 fully saturated rings. The molecule has 170 valence electrons. The van der Waals surface area contributed by atoms with Crippen LogP contribution in [0.4, 0.5) is 0 Å². The van der Waals surface area contributed by atoms with Crippen molar-refractivity contribution in [3.8, 4) is 11.5 Å². The first-order valence-corrected chi connectivity index (χ1v) is 10.6. The Labute approximate surface area is 189 Å². The Morgan fingerprint density at radius 3 is 1.34 bits per heavy atom. The van der Waals surface area contributed by atoms with E-state index in [-0.39, 0.29) is 11.9 Å². The Balaban J connectivity index is 1.49. The van der Waals surface area contributed by atoms with E-state index in [2.05, 4.69) is 0 Å². The maximum atomic E-state index is 11.7. The molecule has 0 N–H and O–H groups in total. The van der Waals surface area contributed by atoms with Crippen molar-refractivity contribution in [2.75, 3.05) is 27.4 Å². The highest BCUT2D eigenvalue weighted by Gasteiger charge is 2.00. The molecular weight excluding hydrogens is 408 g/mol. The van der Waals surface area contributed by atoms with Crippen molar-refractivity contribution < 1.29 is 28.5 Å². The van der Waals surface area contributed by atoms with Crippen molar-refractivity contribution >= 4 is 24.1 Å². The molecule has 6 heteroatoms. The van der Waals surface area contributed by atoms with Crippen LogP contribution >= 0.6 is 0 Å². The topological polar surface area (TPSA) is 71.1 Å². The summed E-state index contributed by atoms with van der Waals surface area (Å²) in [5.41, 5.74) is 1.80. The van der Waals surface area contributed by atoms with E-state index in [0.29, 0.717) is 13.2 Å². The minimum Gasteiger partial charge on any atom is -0.497 e. The third kappa shape index (κ3) is 9.98. The number of methoxy groups -OCH3 is 2. The number of hydrogen-bond acceptors (Lipinski definition) is 6. The zero-order valence-electron chi connectivity index (χ0n) is 18.6. The second-order valence-electron chi connectivity index (χ2n) is 6.96. The van der Waals surface area contributed by atoms with Crippen LogP contribution in [-0.4, -0.2) is 39.4 Å². The van der Waals surface area contributed by atoms with Crippen LogP contribution in [0.2, 0.25) is 0 Å². The number of esters is 2. The minimum absolute atomic E-state index is 0.363. The molecule has 0 saturated carbocycles. The average Bonchev–Trinajstić information content (AvgIpc) is 2.83. The molecule has 0 saturated heterocycles. The molecule has 6 nitrogen and oxygen atoms in total. The van der Waals surface area contributed by atoms with Crippen molar-refractivity contribution in [3.05, 3.63) is 71.8 Å². The van der Waals surface area contributed by atoms with Gasteiger partial charge in [-0.3, -0.25) is 0 Å². The van der Waals surface area contributed by atoms with Crippen LogP contribution in [0.3, 0.4) is 0 Å². The lowest BCUT2D eigenvalue weighted by atomic mass is 10.2. The fourth-order valence-electron chi connectivity index (χ4n) is 2.76. The van der Waals surface area contributed by atoms with Gasteiger partial charge < -0.3 is 18.9 Å². The number of benzene rings is 2. The van der Waals surface area contributed by atoms with Crippen molar-refractivity contribution in [1.82, 2.24) is 0 Å². The smallest absolute Gasteiger partial charge is 0.330 e. The normalized spacial score (nSPS) is 10.9. The van der Waals surface area contributed by atoms with E-state index in [9.17, 15) is 9.59 Å². The van der Waals surface area contributed by atoms with E-state index >= 15 is 0 Å². The molecule has 0 aliphatic rings. The number of carbonyl (C=O) groups excluding carboxylic acids is 2. The monoisotopic (exact) mass is 438 g/mol. The molecule has 2 aromatic carbocycles. The Kier molecular flexibility index (Phi) is 11.2. The first-order chi connectivity index (χ1) is 15.6. The van der Waals surface area contributed by atoms with E-state index in [4.69, 9.17) is 18.9 Å². The van der Waals surface area contributed by atoms with Gasteiger partial charge in [-0.2, -0.15) is 0 Å². The van der Waals surface area contributed by atoms with Gasteiger partial charge in [0.05, 0.1) is 27.4 Å². The van der Waals surface area contributed by atoms with Crippen LogP contribution < -0.4 is 9.47 Å². The molecule has 0 unspecified atom stereocenters. The molecule has 0 atom stereocenters. The molecule has 0 spiro atoms. The number of rotatable bonds is 13. The third-order valence-electron chi connectivity index (χ3n) is 4.58. The lowest BCUT2D eigenvalue weighted by Gasteiger charge is -2.04. The van der Waals surface area contributed by atoms with Crippen LogP contribution in [0.1, 0.15) is 36.8 Å². The first kappa shape index (κ1) is 24.7. The van der Waals surface area contributed by atoms with Crippen LogP contribution in [0.5, 0.6) is 11.5 Å². The van der Waals surface area contributed by atoms with Gasteiger partial charge in [0.15, 0.2) is 0 Å². The van der Waals surface area contributed by atoms with Crippen LogP contribution in [0, 0.1) is 0 Å². The van der Waals surface area contributed by atoms with Crippen molar-refractivity contribution in [2.45, 2.75) is 25.7 Å². The highest BCUT2D eigenvalue weighted by atomic mass is 16.5. The highest BCUT2D eigenvalue weighted by Crippen LogP contribution is 2.13. The zero-order chi connectivity index (χ0) is 23.0. The summed E-state index contributed by atoms with van der Waals surface area (Å²) < 4.78 is 20.6. The number of hydrogen-bond donors (Lipinski definition) is 0. The maximum absolute atomic E-state index is 11.7. The van der Waals surface area contributed by atoms with Gasteiger partial charge >= 0.3 is 11.9 Å². The van der Waals surface area contributed by atoms with Crippen molar-refractivity contribution in [2.24, 2.45) is 0 Å². The molecule has 2 aromatic rings. The summed E-state index contributed by atoms with van der Waals surface area (Å²) in [5.74, 6) is 0.811. The zero-order valence-corrected chi connectivity index (χ0v) is 18.6. The van der Waals surface area contributed by atoms with Gasteiger partial charge in [0.1, 0.15) is 11.5 Å². The van der Waals surface area contributed by atoms with Crippen molar-refractivity contribution in [3.63, 3.8) is 0 Å². The van der Waals surface area contributed by atoms with Crippen LogP contribution in [0.25, 0.3) is 12.2 Å². The highest BCUT2D eigenvalue weighted by molar-refractivity contribution is 5.87. The van der Waals surface area contributed by atoms with Gasteiger partial charge in [-0.25, -0.2) is 9.59 Å². The predicted molar refractivity (Wildman–Crippen MR) is 124 cm³/mol. The fourth-order valence-corrected chi connectivity index (χ4v) is 2.76. The molecule has 0 aliphatic carbocycles. The molecule has 0 radical (unpaired) electrons. The Hall–Kier alpha value is -3.54.